The number of hydrogen-bond donors (Lipinski definition) is 5. The van der Waals surface area contributed by atoms with E-state index in [2.05, 4.69) is 19.2 Å². The van der Waals surface area contributed by atoms with Gasteiger partial charge in [-0.3, -0.25) is 13.8 Å². The Labute approximate surface area is 269 Å². The van der Waals surface area contributed by atoms with Crippen molar-refractivity contribution in [1.29, 1.82) is 0 Å². The number of aliphatic hydroxyl groups is 2. The van der Waals surface area contributed by atoms with Crippen LogP contribution in [-0.2, 0) is 18.4 Å². The summed E-state index contributed by atoms with van der Waals surface area (Å²) in [7, 11) is -4.37. The number of unbranched alkanes of at least 4 members (excludes halogenated alkanes) is 18. The van der Waals surface area contributed by atoms with E-state index >= 15 is 0 Å². The largest absolute Gasteiger partial charge is 0.472 e. The number of nitrogens with two attached hydrogens (primary N) is 1. The van der Waals surface area contributed by atoms with E-state index in [1.807, 2.05) is 12.2 Å². The molecule has 0 aromatic carbocycles. The standard InChI is InChI=1S/C34H69N2O7P/c1-3-5-7-9-11-12-13-14-15-16-17-18-20-22-24-26-33(38)32(30-43-44(40,41)42-28-27-35)36-34(39)29-31(37)25-23-21-19-10-8-6-4-2/h21,23,31-33,37-38H,3-20,22,24-30,35H2,1-2H3,(H,36,39)(H,40,41)/b23-21-. The molecule has 4 unspecified atom stereocenters. The van der Waals surface area contributed by atoms with Crippen LogP contribution in [0.25, 0.3) is 0 Å². The minimum absolute atomic E-state index is 0.0565. The van der Waals surface area contributed by atoms with Crippen LogP contribution < -0.4 is 11.1 Å². The summed E-state index contributed by atoms with van der Waals surface area (Å²) in [4.78, 5) is 22.5. The Morgan fingerprint density at radius 2 is 1.27 bits per heavy atom. The van der Waals surface area contributed by atoms with Crippen molar-refractivity contribution in [2.24, 2.45) is 5.73 Å². The molecule has 0 bridgehead atoms. The summed E-state index contributed by atoms with van der Waals surface area (Å²) in [5.41, 5.74) is 5.33. The zero-order valence-corrected chi connectivity index (χ0v) is 29.2. The van der Waals surface area contributed by atoms with Gasteiger partial charge in [-0.2, -0.15) is 0 Å². The fourth-order valence-corrected chi connectivity index (χ4v) is 5.94. The molecule has 10 heteroatoms. The number of nitrogens with one attached hydrogen (secondary N) is 1. The molecule has 0 aliphatic heterocycles. The molecule has 0 saturated heterocycles. The molecule has 0 aliphatic carbocycles. The van der Waals surface area contributed by atoms with Crippen molar-refractivity contribution in [3.8, 4) is 0 Å². The van der Waals surface area contributed by atoms with Crippen LogP contribution >= 0.6 is 7.82 Å². The summed E-state index contributed by atoms with van der Waals surface area (Å²) in [6.07, 6.45) is 27.1. The maximum Gasteiger partial charge on any atom is 0.472 e. The van der Waals surface area contributed by atoms with Gasteiger partial charge in [0.1, 0.15) is 0 Å². The van der Waals surface area contributed by atoms with Gasteiger partial charge in [0, 0.05) is 6.54 Å². The molecular formula is C34H69N2O7P. The number of phosphoric acid groups is 1. The first-order valence-electron chi connectivity index (χ1n) is 17.9. The van der Waals surface area contributed by atoms with Crippen LogP contribution in [-0.4, -0.2) is 59.0 Å². The normalized spacial score (nSPS) is 15.3. The highest BCUT2D eigenvalue weighted by Crippen LogP contribution is 2.43. The van der Waals surface area contributed by atoms with Gasteiger partial charge in [-0.25, -0.2) is 4.57 Å². The molecular weight excluding hydrogens is 579 g/mol. The van der Waals surface area contributed by atoms with Crippen molar-refractivity contribution < 1.29 is 33.5 Å². The maximum absolute atomic E-state index is 12.6. The van der Waals surface area contributed by atoms with Crippen LogP contribution in [0.4, 0.5) is 0 Å². The molecule has 0 rings (SSSR count). The molecule has 0 radical (unpaired) electrons. The quantitative estimate of drug-likeness (QED) is 0.0274. The van der Waals surface area contributed by atoms with Crippen molar-refractivity contribution in [3.63, 3.8) is 0 Å². The number of hydrogen-bond acceptors (Lipinski definition) is 7. The molecule has 0 aromatic rings. The van der Waals surface area contributed by atoms with Crippen molar-refractivity contribution in [3.05, 3.63) is 12.2 Å². The SMILES string of the molecule is CCCCCC/C=C\CC(O)CC(=O)NC(COP(=O)(O)OCCN)C(O)CCCCCCCCCCCCCCCCC. The van der Waals surface area contributed by atoms with E-state index in [0.29, 0.717) is 12.8 Å². The van der Waals surface area contributed by atoms with E-state index in [1.165, 1.54) is 96.3 Å². The van der Waals surface area contributed by atoms with Crippen LogP contribution in [0, 0.1) is 0 Å². The Hall–Kier alpha value is -0.800. The van der Waals surface area contributed by atoms with Gasteiger partial charge < -0.3 is 26.2 Å². The van der Waals surface area contributed by atoms with Gasteiger partial charge in [0.15, 0.2) is 0 Å². The molecule has 4 atom stereocenters. The number of rotatable bonds is 33. The molecule has 44 heavy (non-hydrogen) atoms. The zero-order chi connectivity index (χ0) is 32.7. The molecule has 0 heterocycles. The molecule has 0 saturated carbocycles. The molecule has 0 fully saturated rings. The lowest BCUT2D eigenvalue weighted by atomic mass is 10.0. The third-order valence-corrected chi connectivity index (χ3v) is 8.91. The maximum atomic E-state index is 12.6. The second-order valence-corrected chi connectivity index (χ2v) is 13.7. The smallest absolute Gasteiger partial charge is 0.392 e. The van der Waals surface area contributed by atoms with Gasteiger partial charge in [0.25, 0.3) is 0 Å². The lowest BCUT2D eigenvalue weighted by molar-refractivity contribution is -0.125. The van der Waals surface area contributed by atoms with Gasteiger partial charge in [-0.05, 0) is 25.7 Å². The van der Waals surface area contributed by atoms with E-state index < -0.39 is 38.6 Å². The van der Waals surface area contributed by atoms with Gasteiger partial charge in [0.2, 0.25) is 5.91 Å². The Morgan fingerprint density at radius 1 is 0.773 bits per heavy atom. The lowest BCUT2D eigenvalue weighted by Crippen LogP contribution is -2.47. The summed E-state index contributed by atoms with van der Waals surface area (Å²) in [5.74, 6) is -0.450. The van der Waals surface area contributed by atoms with E-state index in [4.69, 9.17) is 14.8 Å². The van der Waals surface area contributed by atoms with Crippen LogP contribution in [0.3, 0.4) is 0 Å². The fraction of sp³-hybridized carbons (Fsp3) is 0.912. The molecule has 0 aromatic heterocycles. The fourth-order valence-electron chi connectivity index (χ4n) is 5.18. The summed E-state index contributed by atoms with van der Waals surface area (Å²) >= 11 is 0. The van der Waals surface area contributed by atoms with Gasteiger partial charge in [0.05, 0.1) is 37.9 Å². The summed E-state index contributed by atoms with van der Waals surface area (Å²) in [6.45, 7) is 3.94. The minimum atomic E-state index is -4.37. The molecule has 0 spiro atoms. The Bertz CT molecular complexity index is 726. The van der Waals surface area contributed by atoms with Crippen molar-refractivity contribution in [2.45, 2.75) is 180 Å². The highest BCUT2D eigenvalue weighted by atomic mass is 31.2. The third kappa shape index (κ3) is 28.7. The average Bonchev–Trinajstić information content (AvgIpc) is 2.99. The first kappa shape index (κ1) is 43.2. The van der Waals surface area contributed by atoms with Crippen LogP contribution in [0.1, 0.15) is 162 Å². The molecule has 0 aliphatic rings. The van der Waals surface area contributed by atoms with Crippen molar-refractivity contribution in [2.75, 3.05) is 19.8 Å². The van der Waals surface area contributed by atoms with Crippen molar-refractivity contribution >= 4 is 13.7 Å². The Morgan fingerprint density at radius 3 is 1.80 bits per heavy atom. The highest BCUT2D eigenvalue weighted by Gasteiger charge is 2.28. The zero-order valence-electron chi connectivity index (χ0n) is 28.3. The minimum Gasteiger partial charge on any atom is -0.392 e. The van der Waals surface area contributed by atoms with E-state index in [-0.39, 0.29) is 19.6 Å². The Balaban J connectivity index is 4.40. The van der Waals surface area contributed by atoms with E-state index in [1.54, 1.807) is 0 Å². The van der Waals surface area contributed by atoms with Gasteiger partial charge in [-0.15, -0.1) is 0 Å². The van der Waals surface area contributed by atoms with Gasteiger partial charge in [-0.1, -0.05) is 142 Å². The number of carbonyl (C=O) groups is 1. The predicted octanol–water partition coefficient (Wildman–Crippen LogP) is 7.85. The van der Waals surface area contributed by atoms with Crippen LogP contribution in [0.5, 0.6) is 0 Å². The molecule has 262 valence electrons. The van der Waals surface area contributed by atoms with Crippen LogP contribution in [0.2, 0.25) is 0 Å². The second kappa shape index (κ2) is 30.8. The predicted molar refractivity (Wildman–Crippen MR) is 181 cm³/mol. The first-order chi connectivity index (χ1) is 21.3. The topological polar surface area (TPSA) is 151 Å². The van der Waals surface area contributed by atoms with Crippen molar-refractivity contribution in [1.82, 2.24) is 5.32 Å². The number of amides is 1. The average molecular weight is 649 g/mol. The summed E-state index contributed by atoms with van der Waals surface area (Å²) < 4.78 is 21.9. The first-order valence-corrected chi connectivity index (χ1v) is 19.4. The van der Waals surface area contributed by atoms with Gasteiger partial charge >= 0.3 is 7.82 Å². The second-order valence-electron chi connectivity index (χ2n) is 12.3. The third-order valence-electron chi connectivity index (χ3n) is 7.92. The highest BCUT2D eigenvalue weighted by molar-refractivity contribution is 7.47. The monoisotopic (exact) mass is 648 g/mol. The number of aliphatic hydroxyl groups excluding tert-OH is 2. The van der Waals surface area contributed by atoms with E-state index in [9.17, 15) is 24.5 Å². The Kier molecular flexibility index (Phi) is 30.3. The van der Waals surface area contributed by atoms with Crippen LogP contribution in [0.15, 0.2) is 12.2 Å². The summed E-state index contributed by atoms with van der Waals surface area (Å²) in [6, 6.07) is -0.905. The number of carbonyl (C=O) groups excluding carboxylic acids is 1. The molecule has 6 N–H and O–H groups in total. The number of allylic oxidation sites excluding steroid dienone is 1. The summed E-state index contributed by atoms with van der Waals surface area (Å²) in [5, 5.41) is 23.8. The number of phosphoric ester groups is 1. The molecule has 9 nitrogen and oxygen atoms in total. The molecule has 1 amide bonds. The lowest BCUT2D eigenvalue weighted by Gasteiger charge is -2.25. The van der Waals surface area contributed by atoms with E-state index in [0.717, 1.165) is 32.1 Å².